The van der Waals surface area contributed by atoms with Gasteiger partial charge >= 0.3 is 5.97 Å². The monoisotopic (exact) mass is 406 g/mol. The zero-order chi connectivity index (χ0) is 14.5. The Morgan fingerprint density at radius 2 is 2.30 bits per heavy atom. The first-order valence-electron chi connectivity index (χ1n) is 6.16. The molecule has 1 aliphatic rings. The van der Waals surface area contributed by atoms with Crippen LogP contribution in [-0.2, 0) is 9.59 Å². The lowest BCUT2D eigenvalue weighted by molar-refractivity contribution is -0.142. The smallest absolute Gasteiger partial charge is 0.321 e. The Balaban J connectivity index is 1.94. The summed E-state index contributed by atoms with van der Waals surface area (Å²) in [5.74, 6) is 0.357. The molecule has 1 aromatic carbocycles. The summed E-state index contributed by atoms with van der Waals surface area (Å²) in [7, 11) is 0. The summed E-state index contributed by atoms with van der Waals surface area (Å²) in [6.45, 7) is 0.740. The molecule has 2 N–H and O–H groups in total. The first kappa shape index (κ1) is 15.6. The summed E-state index contributed by atoms with van der Waals surface area (Å²) in [6.07, 6.45) is 0. The largest absolute Gasteiger partial charge is 0.480 e. The second kappa shape index (κ2) is 7.28. The average molecular weight is 406 g/mol. The third-order valence-corrected chi connectivity index (χ3v) is 4.67. The van der Waals surface area contributed by atoms with Crippen molar-refractivity contribution >= 4 is 51.9 Å². The van der Waals surface area contributed by atoms with Crippen LogP contribution in [0.5, 0.6) is 0 Å². The predicted octanol–water partition coefficient (Wildman–Crippen LogP) is 1.73. The summed E-state index contributed by atoms with van der Waals surface area (Å²) in [4.78, 5) is 24.9. The van der Waals surface area contributed by atoms with Gasteiger partial charge in [-0.2, -0.15) is 11.8 Å². The van der Waals surface area contributed by atoms with Crippen molar-refractivity contribution in [2.75, 3.05) is 29.9 Å². The molecule has 5 nitrogen and oxygen atoms in total. The number of hydrogen-bond acceptors (Lipinski definition) is 4. The zero-order valence-electron chi connectivity index (χ0n) is 10.7. The Bertz CT molecular complexity index is 512. The van der Waals surface area contributed by atoms with Gasteiger partial charge in [-0.1, -0.05) is 6.07 Å². The molecule has 0 aliphatic carbocycles. The lowest BCUT2D eigenvalue weighted by Gasteiger charge is -2.31. The topological polar surface area (TPSA) is 69.6 Å². The van der Waals surface area contributed by atoms with Crippen LogP contribution in [0.3, 0.4) is 0 Å². The van der Waals surface area contributed by atoms with E-state index in [4.69, 9.17) is 5.11 Å². The minimum absolute atomic E-state index is 0.114. The molecular formula is C13H15IN2O3S. The molecule has 1 aliphatic heterocycles. The first-order chi connectivity index (χ1) is 9.56. The summed E-state index contributed by atoms with van der Waals surface area (Å²) in [5, 5.41) is 12.0. The molecule has 108 valence electrons. The number of nitrogens with one attached hydrogen (secondary N) is 1. The van der Waals surface area contributed by atoms with Crippen molar-refractivity contribution in [1.82, 2.24) is 4.90 Å². The van der Waals surface area contributed by atoms with E-state index in [1.165, 1.54) is 0 Å². The number of aliphatic carboxylic acids is 1. The van der Waals surface area contributed by atoms with E-state index in [0.717, 1.165) is 15.0 Å². The van der Waals surface area contributed by atoms with Gasteiger partial charge in [0.2, 0.25) is 5.91 Å². The van der Waals surface area contributed by atoms with E-state index in [1.807, 2.05) is 24.3 Å². The molecule has 20 heavy (non-hydrogen) atoms. The number of carboxylic acid groups (broad SMARTS) is 1. The highest BCUT2D eigenvalue weighted by Crippen LogP contribution is 2.17. The fourth-order valence-corrected chi connectivity index (χ4v) is 3.66. The maximum atomic E-state index is 12.0. The normalized spacial score (nSPS) is 19.6. The zero-order valence-corrected chi connectivity index (χ0v) is 13.7. The van der Waals surface area contributed by atoms with Gasteiger partial charge in [0.15, 0.2) is 0 Å². The number of halogens is 1. The molecule has 2 rings (SSSR count). The molecular weight excluding hydrogens is 391 g/mol. The Morgan fingerprint density at radius 3 is 3.00 bits per heavy atom. The maximum Gasteiger partial charge on any atom is 0.321 e. The Hall–Kier alpha value is -0.800. The predicted molar refractivity (Wildman–Crippen MR) is 88.1 cm³/mol. The Labute approximate surface area is 135 Å². The first-order valence-corrected chi connectivity index (χ1v) is 8.39. The van der Waals surface area contributed by atoms with Gasteiger partial charge in [0.05, 0.1) is 6.54 Å². The summed E-state index contributed by atoms with van der Waals surface area (Å²) in [5.41, 5.74) is 0.736. The van der Waals surface area contributed by atoms with Crippen LogP contribution in [0.2, 0.25) is 0 Å². The third kappa shape index (κ3) is 4.35. The van der Waals surface area contributed by atoms with Crippen molar-refractivity contribution < 1.29 is 14.7 Å². The van der Waals surface area contributed by atoms with Crippen LogP contribution in [0.15, 0.2) is 24.3 Å². The number of hydrogen-bond donors (Lipinski definition) is 2. The fourth-order valence-electron chi connectivity index (χ4n) is 2.01. The number of anilines is 1. The standard InChI is InChI=1S/C13H15IN2O3S/c14-9-2-1-3-10(6-9)15-12(17)7-16-4-5-20-8-11(16)13(18)19/h1-3,6,11H,4-5,7-8H2,(H,15,17)(H,18,19). The van der Waals surface area contributed by atoms with Gasteiger partial charge in [-0.15, -0.1) is 0 Å². The molecule has 0 spiro atoms. The van der Waals surface area contributed by atoms with Crippen molar-refractivity contribution in [3.05, 3.63) is 27.8 Å². The summed E-state index contributed by atoms with van der Waals surface area (Å²) in [6, 6.07) is 6.93. The van der Waals surface area contributed by atoms with Crippen molar-refractivity contribution in [3.63, 3.8) is 0 Å². The van der Waals surface area contributed by atoms with E-state index in [9.17, 15) is 9.59 Å². The highest BCUT2D eigenvalue weighted by molar-refractivity contribution is 14.1. The minimum atomic E-state index is -0.862. The van der Waals surface area contributed by atoms with Crippen LogP contribution in [0.25, 0.3) is 0 Å². The van der Waals surface area contributed by atoms with Crippen molar-refractivity contribution in [3.8, 4) is 0 Å². The highest BCUT2D eigenvalue weighted by Gasteiger charge is 2.29. The second-order valence-electron chi connectivity index (χ2n) is 4.46. The molecule has 1 heterocycles. The van der Waals surface area contributed by atoms with Gasteiger partial charge in [0, 0.05) is 27.3 Å². The van der Waals surface area contributed by atoms with Gasteiger partial charge in [-0.25, -0.2) is 0 Å². The highest BCUT2D eigenvalue weighted by atomic mass is 127. The van der Waals surface area contributed by atoms with Gasteiger partial charge in [0.25, 0.3) is 0 Å². The lowest BCUT2D eigenvalue weighted by Crippen LogP contribution is -2.50. The molecule has 1 unspecified atom stereocenters. The molecule has 1 aromatic rings. The Kier molecular flexibility index (Phi) is 5.67. The SMILES string of the molecule is O=C(CN1CCSCC1C(=O)O)Nc1cccc(I)c1. The van der Waals surface area contributed by atoms with Crippen LogP contribution in [0.1, 0.15) is 0 Å². The van der Waals surface area contributed by atoms with Crippen molar-refractivity contribution in [2.24, 2.45) is 0 Å². The quantitative estimate of drug-likeness (QED) is 0.746. The number of benzene rings is 1. The van der Waals surface area contributed by atoms with Crippen LogP contribution in [0, 0.1) is 3.57 Å². The molecule has 1 amide bonds. The van der Waals surface area contributed by atoms with Gasteiger partial charge in [-0.05, 0) is 40.8 Å². The van der Waals surface area contributed by atoms with E-state index < -0.39 is 12.0 Å². The number of thioether (sulfide) groups is 1. The summed E-state index contributed by atoms with van der Waals surface area (Å²) < 4.78 is 1.04. The molecule has 7 heteroatoms. The number of nitrogens with zero attached hydrogens (tertiary/aromatic N) is 1. The van der Waals surface area contributed by atoms with Crippen LogP contribution in [-0.4, -0.2) is 52.5 Å². The molecule has 1 fully saturated rings. The molecule has 1 atom stereocenters. The maximum absolute atomic E-state index is 12.0. The average Bonchev–Trinajstić information content (AvgIpc) is 2.38. The minimum Gasteiger partial charge on any atom is -0.480 e. The van der Waals surface area contributed by atoms with E-state index in [1.54, 1.807) is 16.7 Å². The number of amides is 1. The number of rotatable bonds is 4. The fraction of sp³-hybridized carbons (Fsp3) is 0.385. The number of carbonyl (C=O) groups is 2. The molecule has 0 bridgehead atoms. The van der Waals surface area contributed by atoms with E-state index in [-0.39, 0.29) is 12.5 Å². The van der Waals surface area contributed by atoms with E-state index in [2.05, 4.69) is 27.9 Å². The van der Waals surface area contributed by atoms with Crippen molar-refractivity contribution in [1.29, 1.82) is 0 Å². The number of carbonyl (C=O) groups excluding carboxylic acids is 1. The molecule has 0 saturated carbocycles. The van der Waals surface area contributed by atoms with Gasteiger partial charge in [-0.3, -0.25) is 14.5 Å². The second-order valence-corrected chi connectivity index (χ2v) is 6.85. The van der Waals surface area contributed by atoms with Crippen LogP contribution in [0.4, 0.5) is 5.69 Å². The van der Waals surface area contributed by atoms with Gasteiger partial charge in [0.1, 0.15) is 6.04 Å². The molecule has 0 radical (unpaired) electrons. The lowest BCUT2D eigenvalue weighted by atomic mass is 10.2. The third-order valence-electron chi connectivity index (χ3n) is 2.98. The van der Waals surface area contributed by atoms with E-state index >= 15 is 0 Å². The number of carboxylic acids is 1. The van der Waals surface area contributed by atoms with Crippen LogP contribution < -0.4 is 5.32 Å². The van der Waals surface area contributed by atoms with E-state index in [0.29, 0.717) is 12.3 Å². The van der Waals surface area contributed by atoms with Crippen LogP contribution >= 0.6 is 34.4 Å². The Morgan fingerprint density at radius 1 is 1.50 bits per heavy atom. The van der Waals surface area contributed by atoms with Crippen molar-refractivity contribution in [2.45, 2.75) is 6.04 Å². The van der Waals surface area contributed by atoms with Gasteiger partial charge < -0.3 is 10.4 Å². The molecule has 1 saturated heterocycles. The molecule has 0 aromatic heterocycles. The summed E-state index contributed by atoms with van der Waals surface area (Å²) >= 11 is 3.79.